The average Bonchev–Trinajstić information content (AvgIpc) is 3.25. The van der Waals surface area contributed by atoms with Crippen LogP contribution in [-0.4, -0.2) is 36.2 Å². The van der Waals surface area contributed by atoms with Crippen molar-refractivity contribution < 1.29 is 19.2 Å². The Morgan fingerprint density at radius 2 is 1.82 bits per heavy atom. The number of benzene rings is 2. The summed E-state index contributed by atoms with van der Waals surface area (Å²) in [6.45, 7) is 3.32. The Labute approximate surface area is 203 Å². The topological polar surface area (TPSA) is 94.8 Å². The van der Waals surface area contributed by atoms with E-state index in [9.17, 15) is 9.59 Å². The van der Waals surface area contributed by atoms with Crippen LogP contribution in [0.2, 0.25) is 5.02 Å². The van der Waals surface area contributed by atoms with Gasteiger partial charge in [-0.05, 0) is 67.8 Å². The Hall–Kier alpha value is -3.55. The summed E-state index contributed by atoms with van der Waals surface area (Å²) in [4.78, 5) is 26.5. The number of furan rings is 1. The standard InChI is InChI=1S/C26H26ClN3O4/c1-17-22(16-24(34-17)19-6-9-20(27)10-7-19)26(32)28-21-12-14-30(15-13-21)23-5-3-2-4-18(23)8-11-25(31)29-33/h2-11,16,21,33H,12-15H2,1H3,(H,28,32)(H,29,31). The lowest BCUT2D eigenvalue weighted by molar-refractivity contribution is -0.124. The second-order valence-electron chi connectivity index (χ2n) is 8.19. The first kappa shape index (κ1) is 23.6. The highest BCUT2D eigenvalue weighted by Gasteiger charge is 2.24. The van der Waals surface area contributed by atoms with Gasteiger partial charge >= 0.3 is 0 Å². The summed E-state index contributed by atoms with van der Waals surface area (Å²) in [5.74, 6) is 0.490. The van der Waals surface area contributed by atoms with Gasteiger partial charge in [0.2, 0.25) is 0 Å². The van der Waals surface area contributed by atoms with E-state index in [0.717, 1.165) is 42.7 Å². The summed E-state index contributed by atoms with van der Waals surface area (Å²) >= 11 is 5.96. The Morgan fingerprint density at radius 1 is 1.12 bits per heavy atom. The van der Waals surface area contributed by atoms with E-state index in [1.54, 1.807) is 36.7 Å². The number of hydroxylamine groups is 1. The summed E-state index contributed by atoms with van der Waals surface area (Å²) in [6, 6.07) is 16.9. The minimum absolute atomic E-state index is 0.0555. The SMILES string of the molecule is Cc1oc(-c2ccc(Cl)cc2)cc1C(=O)NC1CCN(c2ccccc2C=CC(=O)NO)CC1. The molecule has 3 N–H and O–H groups in total. The zero-order valence-corrected chi connectivity index (χ0v) is 19.5. The molecule has 34 heavy (non-hydrogen) atoms. The molecule has 0 aliphatic carbocycles. The van der Waals surface area contributed by atoms with Crippen molar-refractivity contribution in [1.29, 1.82) is 0 Å². The Balaban J connectivity index is 1.38. The van der Waals surface area contributed by atoms with Crippen LogP contribution in [0.1, 0.15) is 34.5 Å². The predicted molar refractivity (Wildman–Crippen MR) is 132 cm³/mol. The van der Waals surface area contributed by atoms with Crippen molar-refractivity contribution in [2.24, 2.45) is 0 Å². The van der Waals surface area contributed by atoms with Gasteiger partial charge in [0.1, 0.15) is 11.5 Å². The van der Waals surface area contributed by atoms with Gasteiger partial charge in [-0.1, -0.05) is 29.8 Å². The number of nitrogens with one attached hydrogen (secondary N) is 2. The van der Waals surface area contributed by atoms with Crippen LogP contribution in [0.4, 0.5) is 5.69 Å². The van der Waals surface area contributed by atoms with Crippen LogP contribution in [-0.2, 0) is 4.79 Å². The van der Waals surface area contributed by atoms with Gasteiger partial charge in [-0.25, -0.2) is 5.48 Å². The van der Waals surface area contributed by atoms with Crippen LogP contribution >= 0.6 is 11.6 Å². The highest BCUT2D eigenvalue weighted by atomic mass is 35.5. The summed E-state index contributed by atoms with van der Waals surface area (Å²) < 4.78 is 5.82. The normalized spacial score (nSPS) is 14.4. The largest absolute Gasteiger partial charge is 0.461 e. The molecule has 2 heterocycles. The molecule has 1 saturated heterocycles. The van der Waals surface area contributed by atoms with Crippen molar-refractivity contribution in [2.75, 3.05) is 18.0 Å². The number of amides is 2. The summed E-state index contributed by atoms with van der Waals surface area (Å²) in [7, 11) is 0. The molecule has 4 rings (SSSR count). The highest BCUT2D eigenvalue weighted by molar-refractivity contribution is 6.30. The second-order valence-corrected chi connectivity index (χ2v) is 8.63. The van der Waals surface area contributed by atoms with Crippen molar-refractivity contribution >= 4 is 35.2 Å². The molecule has 1 aliphatic rings. The number of aryl methyl sites for hydroxylation is 1. The van der Waals surface area contributed by atoms with Gasteiger partial charge < -0.3 is 14.6 Å². The number of halogens is 1. The van der Waals surface area contributed by atoms with Crippen molar-refractivity contribution in [1.82, 2.24) is 10.8 Å². The number of anilines is 1. The number of nitrogens with zero attached hydrogens (tertiary/aromatic N) is 1. The third-order valence-corrected chi connectivity index (χ3v) is 6.18. The van der Waals surface area contributed by atoms with Crippen LogP contribution in [0, 0.1) is 6.92 Å². The molecule has 3 aromatic rings. The van der Waals surface area contributed by atoms with E-state index in [1.807, 2.05) is 36.4 Å². The van der Waals surface area contributed by atoms with Crippen LogP contribution < -0.4 is 15.7 Å². The fourth-order valence-electron chi connectivity index (χ4n) is 4.11. The van der Waals surface area contributed by atoms with Crippen molar-refractivity contribution in [2.45, 2.75) is 25.8 Å². The van der Waals surface area contributed by atoms with Gasteiger partial charge in [0.15, 0.2) is 0 Å². The Bertz CT molecular complexity index is 1200. The molecule has 176 valence electrons. The minimum atomic E-state index is -0.579. The molecule has 1 aromatic heterocycles. The maximum absolute atomic E-state index is 12.9. The predicted octanol–water partition coefficient (Wildman–Crippen LogP) is 4.83. The van der Waals surface area contributed by atoms with Crippen molar-refractivity contribution in [3.63, 3.8) is 0 Å². The number of hydrogen-bond acceptors (Lipinski definition) is 5. The molecule has 1 fully saturated rings. The summed E-state index contributed by atoms with van der Waals surface area (Å²) in [5, 5.41) is 12.5. The zero-order chi connectivity index (χ0) is 24.1. The van der Waals surface area contributed by atoms with E-state index < -0.39 is 5.91 Å². The first-order valence-electron chi connectivity index (χ1n) is 11.1. The fourth-order valence-corrected chi connectivity index (χ4v) is 4.24. The minimum Gasteiger partial charge on any atom is -0.461 e. The number of hydrogen-bond donors (Lipinski definition) is 3. The third kappa shape index (κ3) is 5.50. The van der Waals surface area contributed by atoms with Gasteiger partial charge in [0, 0.05) is 41.5 Å². The van der Waals surface area contributed by atoms with Crippen LogP contribution in [0.3, 0.4) is 0 Å². The van der Waals surface area contributed by atoms with Gasteiger partial charge in [-0.15, -0.1) is 0 Å². The zero-order valence-electron chi connectivity index (χ0n) is 18.8. The first-order valence-corrected chi connectivity index (χ1v) is 11.5. The molecule has 0 unspecified atom stereocenters. The Morgan fingerprint density at radius 3 is 2.53 bits per heavy atom. The maximum atomic E-state index is 12.9. The molecule has 8 heteroatoms. The van der Waals surface area contributed by atoms with Gasteiger partial charge in [-0.2, -0.15) is 0 Å². The van der Waals surface area contributed by atoms with Gasteiger partial charge in [0.25, 0.3) is 11.8 Å². The lowest BCUT2D eigenvalue weighted by atomic mass is 10.0. The number of piperidine rings is 1. The van der Waals surface area contributed by atoms with E-state index in [1.165, 1.54) is 6.08 Å². The molecular weight excluding hydrogens is 454 g/mol. The molecule has 0 radical (unpaired) electrons. The molecule has 0 atom stereocenters. The van der Waals surface area contributed by atoms with Crippen LogP contribution in [0.25, 0.3) is 17.4 Å². The maximum Gasteiger partial charge on any atom is 0.267 e. The molecular formula is C26H26ClN3O4. The smallest absolute Gasteiger partial charge is 0.267 e. The molecule has 1 aliphatic heterocycles. The lowest BCUT2D eigenvalue weighted by Crippen LogP contribution is -2.45. The van der Waals surface area contributed by atoms with E-state index in [4.69, 9.17) is 21.2 Å². The molecule has 2 amide bonds. The highest BCUT2D eigenvalue weighted by Crippen LogP contribution is 2.28. The van der Waals surface area contributed by atoms with E-state index in [0.29, 0.717) is 22.1 Å². The quantitative estimate of drug-likeness (QED) is 0.267. The lowest BCUT2D eigenvalue weighted by Gasteiger charge is -2.34. The number of para-hydroxylation sites is 1. The monoisotopic (exact) mass is 479 g/mol. The number of carbonyl (C=O) groups excluding carboxylic acids is 2. The fraction of sp³-hybridized carbons (Fsp3) is 0.231. The van der Waals surface area contributed by atoms with Crippen molar-refractivity contribution in [3.8, 4) is 11.3 Å². The van der Waals surface area contributed by atoms with Gasteiger partial charge in [-0.3, -0.25) is 14.8 Å². The molecule has 2 aromatic carbocycles. The van der Waals surface area contributed by atoms with E-state index in [2.05, 4.69) is 10.2 Å². The average molecular weight is 480 g/mol. The number of rotatable bonds is 6. The second kappa shape index (κ2) is 10.6. The van der Waals surface area contributed by atoms with Crippen LogP contribution in [0.15, 0.2) is 65.1 Å². The van der Waals surface area contributed by atoms with Crippen molar-refractivity contribution in [3.05, 3.63) is 82.6 Å². The number of carbonyl (C=O) groups is 2. The van der Waals surface area contributed by atoms with E-state index >= 15 is 0 Å². The molecule has 7 nitrogen and oxygen atoms in total. The first-order chi connectivity index (χ1) is 16.4. The van der Waals surface area contributed by atoms with Gasteiger partial charge in [0.05, 0.1) is 5.56 Å². The van der Waals surface area contributed by atoms with Crippen LogP contribution in [0.5, 0.6) is 0 Å². The summed E-state index contributed by atoms with van der Waals surface area (Å²) in [6.07, 6.45) is 4.55. The summed E-state index contributed by atoms with van der Waals surface area (Å²) in [5.41, 5.74) is 4.89. The third-order valence-electron chi connectivity index (χ3n) is 5.92. The molecule has 0 saturated carbocycles. The molecule has 0 spiro atoms. The van der Waals surface area contributed by atoms with E-state index in [-0.39, 0.29) is 11.9 Å². The Kier molecular flexibility index (Phi) is 7.35. The molecule has 0 bridgehead atoms.